The summed E-state index contributed by atoms with van der Waals surface area (Å²) in [6, 6.07) is -1.87. The Morgan fingerprint density at radius 2 is 1.60 bits per heavy atom. The number of amides is 4. The zero-order valence-electron chi connectivity index (χ0n) is 22.9. The molecule has 2 unspecified atom stereocenters. The minimum Gasteiger partial charge on any atom is -0.388 e. The third-order valence-corrected chi connectivity index (χ3v) is 8.11. The van der Waals surface area contributed by atoms with Gasteiger partial charge in [0.05, 0.1) is 58.6 Å². The number of ether oxygens (including phenoxy) is 4. The average molecular weight is 591 g/mol. The number of carbonyl (C=O) groups is 4. The SMILES string of the molecule is CC1CC(=O)N(CCOCCOCCN2C(=O)CC(NC[C@@]34CO[C@@H](O3)[C@H](N=S(C)(C)=O)[C@@H](O)[C@H]4O)C2=O)C1=O. The molecule has 4 rings (SSSR count). The minimum absolute atomic E-state index is 0.0508. The van der Waals surface area contributed by atoms with Crippen LogP contribution in [0.4, 0.5) is 0 Å². The molecule has 7 atom stereocenters. The second-order valence-corrected chi connectivity index (χ2v) is 13.4. The Balaban J connectivity index is 1.16. The van der Waals surface area contributed by atoms with Crippen molar-refractivity contribution in [2.45, 2.75) is 55.9 Å². The fourth-order valence-corrected chi connectivity index (χ4v) is 6.01. The smallest absolute Gasteiger partial charge is 0.246 e. The van der Waals surface area contributed by atoms with Crippen LogP contribution < -0.4 is 5.32 Å². The van der Waals surface area contributed by atoms with E-state index in [9.17, 15) is 33.6 Å². The van der Waals surface area contributed by atoms with Crippen LogP contribution in [-0.4, -0.2) is 149 Å². The van der Waals surface area contributed by atoms with Gasteiger partial charge in [0.15, 0.2) is 6.29 Å². The Morgan fingerprint density at radius 3 is 2.17 bits per heavy atom. The van der Waals surface area contributed by atoms with E-state index in [-0.39, 0.29) is 89.1 Å². The van der Waals surface area contributed by atoms with Crippen molar-refractivity contribution in [3.63, 3.8) is 0 Å². The largest absolute Gasteiger partial charge is 0.388 e. The lowest BCUT2D eigenvalue weighted by atomic mass is 9.88. The second-order valence-electron chi connectivity index (χ2n) is 10.8. The van der Waals surface area contributed by atoms with Crippen LogP contribution in [0, 0.1) is 5.92 Å². The van der Waals surface area contributed by atoms with Gasteiger partial charge in [0.25, 0.3) is 0 Å². The van der Waals surface area contributed by atoms with E-state index < -0.39 is 51.8 Å². The van der Waals surface area contributed by atoms with Crippen LogP contribution in [-0.2, 0) is 47.9 Å². The molecule has 4 amide bonds. The molecule has 4 heterocycles. The number of imide groups is 2. The number of rotatable bonds is 13. The van der Waals surface area contributed by atoms with Crippen LogP contribution in [0.5, 0.6) is 0 Å². The lowest BCUT2D eigenvalue weighted by Crippen LogP contribution is -2.64. The predicted octanol–water partition coefficient (Wildman–Crippen LogP) is -2.92. The van der Waals surface area contributed by atoms with Crippen molar-refractivity contribution < 1.29 is 52.5 Å². The second kappa shape index (κ2) is 12.4. The van der Waals surface area contributed by atoms with E-state index >= 15 is 0 Å². The van der Waals surface area contributed by atoms with Gasteiger partial charge >= 0.3 is 0 Å². The number of nitrogens with zero attached hydrogens (tertiary/aromatic N) is 3. The first-order valence-corrected chi connectivity index (χ1v) is 15.6. The maximum Gasteiger partial charge on any atom is 0.246 e. The molecule has 0 aromatic rings. The predicted molar refractivity (Wildman–Crippen MR) is 137 cm³/mol. The Kier molecular flexibility index (Phi) is 9.61. The molecule has 3 N–H and O–H groups in total. The number of carbonyl (C=O) groups excluding carboxylic acids is 4. The van der Waals surface area contributed by atoms with Gasteiger partial charge in [0.1, 0.15) is 23.9 Å². The number of hydrogen-bond acceptors (Lipinski definition) is 13. The lowest BCUT2D eigenvalue weighted by molar-refractivity contribution is -0.216. The summed E-state index contributed by atoms with van der Waals surface area (Å²) in [6.07, 6.45) is -0.844. The quantitative estimate of drug-likeness (QED) is 0.146. The van der Waals surface area contributed by atoms with Gasteiger partial charge in [-0.15, -0.1) is 0 Å². The van der Waals surface area contributed by atoms with Crippen molar-refractivity contribution in [3.8, 4) is 0 Å². The van der Waals surface area contributed by atoms with Crippen LogP contribution in [0.3, 0.4) is 0 Å². The molecule has 0 aromatic carbocycles. The third-order valence-electron chi connectivity index (χ3n) is 7.36. The van der Waals surface area contributed by atoms with Gasteiger partial charge in [-0.05, 0) is 0 Å². The fourth-order valence-electron chi connectivity index (χ4n) is 5.20. The monoisotopic (exact) mass is 590 g/mol. The van der Waals surface area contributed by atoms with E-state index in [0.29, 0.717) is 0 Å². The Hall–Kier alpha value is -2.05. The Bertz CT molecular complexity index is 1120. The third kappa shape index (κ3) is 6.70. The summed E-state index contributed by atoms with van der Waals surface area (Å²) in [5.41, 5.74) is -1.36. The molecule has 4 aliphatic rings. The van der Waals surface area contributed by atoms with Crippen molar-refractivity contribution in [2.75, 3.05) is 65.2 Å². The number of nitrogens with one attached hydrogen (secondary N) is 1. The van der Waals surface area contributed by atoms with E-state index in [1.807, 2.05) is 0 Å². The number of hydrogen-bond donors (Lipinski definition) is 3. The molecular weight excluding hydrogens is 552 g/mol. The molecule has 4 aliphatic heterocycles. The van der Waals surface area contributed by atoms with Gasteiger partial charge in [0.2, 0.25) is 23.6 Å². The molecule has 0 saturated carbocycles. The summed E-state index contributed by atoms with van der Waals surface area (Å²) in [5, 5.41) is 24.3. The zero-order chi connectivity index (χ0) is 29.2. The number of aliphatic hydroxyl groups is 2. The van der Waals surface area contributed by atoms with E-state index in [4.69, 9.17) is 18.9 Å². The summed E-state index contributed by atoms with van der Waals surface area (Å²) in [7, 11) is -2.59. The van der Waals surface area contributed by atoms with Crippen molar-refractivity contribution in [3.05, 3.63) is 0 Å². The molecule has 4 saturated heterocycles. The molecular formula is C24H38N4O11S. The maximum atomic E-state index is 12.8. The Morgan fingerprint density at radius 1 is 1.00 bits per heavy atom. The molecule has 15 nitrogen and oxygen atoms in total. The zero-order valence-corrected chi connectivity index (χ0v) is 23.7. The number of likely N-dealkylation sites (tertiary alicyclic amines) is 2. The van der Waals surface area contributed by atoms with Crippen molar-refractivity contribution in [2.24, 2.45) is 10.3 Å². The van der Waals surface area contributed by atoms with Gasteiger partial charge in [0, 0.05) is 41.1 Å². The van der Waals surface area contributed by atoms with Gasteiger partial charge in [-0.25, -0.2) is 4.36 Å². The molecule has 0 spiro atoms. The van der Waals surface area contributed by atoms with E-state index in [2.05, 4.69) is 9.68 Å². The fraction of sp³-hybridized carbons (Fsp3) is 0.833. The highest BCUT2D eigenvalue weighted by atomic mass is 32.2. The average Bonchev–Trinajstić information content (AvgIpc) is 3.49. The Labute approximate surface area is 232 Å². The normalized spacial score (nSPS) is 34.4. The van der Waals surface area contributed by atoms with Gasteiger partial charge < -0.3 is 34.5 Å². The standard InChI is InChI=1S/C24H38N4O11S/c1-14-10-16(29)27(21(14)33)4-6-36-8-9-37-7-5-28-17(30)11-15(22(28)34)25-12-24-13-38-23(39-24)18(19(31)20(24)32)26-40(2,3)35/h14-15,18-20,23,25,31-32H,4-13H2,1-3H3/t14?,15?,18-,19-,20-,23+,24+/m1/s1. The van der Waals surface area contributed by atoms with Crippen molar-refractivity contribution >= 4 is 33.4 Å². The molecule has 40 heavy (non-hydrogen) atoms. The van der Waals surface area contributed by atoms with Gasteiger partial charge in [-0.2, -0.15) is 0 Å². The first-order chi connectivity index (χ1) is 18.8. The summed E-state index contributed by atoms with van der Waals surface area (Å²) >= 11 is 0. The first-order valence-electron chi connectivity index (χ1n) is 13.2. The molecule has 16 heteroatoms. The number of fused-ring (bicyclic) bond motifs is 2. The first kappa shape index (κ1) is 30.9. The molecule has 0 radical (unpaired) electrons. The summed E-state index contributed by atoms with van der Waals surface area (Å²) < 4.78 is 38.4. The molecule has 2 bridgehead atoms. The van der Waals surface area contributed by atoms with E-state index in [0.717, 1.165) is 4.90 Å². The van der Waals surface area contributed by atoms with Crippen LogP contribution in [0.25, 0.3) is 0 Å². The topological polar surface area (TPSA) is 194 Å². The van der Waals surface area contributed by atoms with E-state index in [1.54, 1.807) is 6.92 Å². The highest BCUT2D eigenvalue weighted by Gasteiger charge is 2.59. The summed E-state index contributed by atoms with van der Waals surface area (Å²) in [4.78, 5) is 51.2. The van der Waals surface area contributed by atoms with Gasteiger partial charge in [-0.3, -0.25) is 33.2 Å². The van der Waals surface area contributed by atoms with Crippen LogP contribution in [0.1, 0.15) is 19.8 Å². The van der Waals surface area contributed by atoms with Crippen LogP contribution >= 0.6 is 0 Å². The maximum absolute atomic E-state index is 12.8. The molecule has 0 aliphatic carbocycles. The van der Waals surface area contributed by atoms with E-state index in [1.165, 1.54) is 17.4 Å². The number of aliphatic hydroxyl groups excluding tert-OH is 2. The molecule has 226 valence electrons. The van der Waals surface area contributed by atoms with Crippen LogP contribution in [0.15, 0.2) is 4.36 Å². The molecule has 0 aromatic heterocycles. The summed E-state index contributed by atoms with van der Waals surface area (Å²) in [5.74, 6) is -1.50. The lowest BCUT2D eigenvalue weighted by Gasteiger charge is -2.41. The van der Waals surface area contributed by atoms with Crippen molar-refractivity contribution in [1.29, 1.82) is 0 Å². The van der Waals surface area contributed by atoms with Crippen LogP contribution in [0.2, 0.25) is 0 Å². The summed E-state index contributed by atoms with van der Waals surface area (Å²) in [6.45, 7) is 2.53. The minimum atomic E-state index is -2.59. The molecule has 4 fully saturated rings. The highest BCUT2D eigenvalue weighted by molar-refractivity contribution is 7.92. The van der Waals surface area contributed by atoms with Crippen molar-refractivity contribution in [1.82, 2.24) is 15.1 Å². The van der Waals surface area contributed by atoms with Gasteiger partial charge in [-0.1, -0.05) is 6.92 Å². The highest BCUT2D eigenvalue weighted by Crippen LogP contribution is 2.38.